The fraction of sp³-hybridized carbons (Fsp3) is 0.211. The van der Waals surface area contributed by atoms with Gasteiger partial charge in [-0.15, -0.1) is 5.11 Å². The van der Waals surface area contributed by atoms with E-state index in [1.54, 1.807) is 32.4 Å². The van der Waals surface area contributed by atoms with Crippen LogP contribution in [0.5, 0.6) is 23.0 Å². The standard InChI is InChI=1S/C19H17Cl2N3O4/c1-26-14-6-4-10(18(27-2)19(14)28-3)9-22-24-15-7-5-11-12(20)8-13(21)17(25)16(11)23-15/h4-8,25H,9H2,1-3H3. The molecular formula is C19H17Cl2N3O4. The minimum atomic E-state index is -0.153. The Labute approximate surface area is 171 Å². The molecule has 0 spiro atoms. The molecule has 146 valence electrons. The zero-order chi connectivity index (χ0) is 20.3. The highest BCUT2D eigenvalue weighted by atomic mass is 35.5. The first-order valence-corrected chi connectivity index (χ1v) is 8.88. The number of phenols is 1. The topological polar surface area (TPSA) is 85.5 Å². The quantitative estimate of drug-likeness (QED) is 0.526. The molecular weight excluding hydrogens is 405 g/mol. The fourth-order valence-corrected chi connectivity index (χ4v) is 3.24. The monoisotopic (exact) mass is 421 g/mol. The van der Waals surface area contributed by atoms with Crippen molar-refractivity contribution < 1.29 is 19.3 Å². The van der Waals surface area contributed by atoms with E-state index in [1.165, 1.54) is 13.2 Å². The van der Waals surface area contributed by atoms with E-state index >= 15 is 0 Å². The van der Waals surface area contributed by atoms with Gasteiger partial charge in [0.05, 0.1) is 37.9 Å². The van der Waals surface area contributed by atoms with Gasteiger partial charge in [-0.05, 0) is 30.3 Å². The van der Waals surface area contributed by atoms with Crippen molar-refractivity contribution in [2.24, 2.45) is 10.2 Å². The highest BCUT2D eigenvalue weighted by Crippen LogP contribution is 2.40. The predicted molar refractivity (Wildman–Crippen MR) is 108 cm³/mol. The second kappa shape index (κ2) is 8.50. The Bertz CT molecular complexity index is 1060. The van der Waals surface area contributed by atoms with Crippen LogP contribution in [-0.2, 0) is 6.54 Å². The first-order chi connectivity index (χ1) is 13.5. The van der Waals surface area contributed by atoms with E-state index < -0.39 is 0 Å². The summed E-state index contributed by atoms with van der Waals surface area (Å²) in [6.45, 7) is 0.228. The summed E-state index contributed by atoms with van der Waals surface area (Å²) in [5.41, 5.74) is 1.02. The van der Waals surface area contributed by atoms with E-state index in [0.717, 1.165) is 5.56 Å². The van der Waals surface area contributed by atoms with Gasteiger partial charge in [-0.1, -0.05) is 23.2 Å². The van der Waals surface area contributed by atoms with Crippen LogP contribution in [-0.4, -0.2) is 31.4 Å². The number of hydrogen-bond acceptors (Lipinski definition) is 7. The molecule has 0 atom stereocenters. The summed E-state index contributed by atoms with van der Waals surface area (Å²) in [7, 11) is 4.63. The maximum absolute atomic E-state index is 10.1. The Kier molecular flexibility index (Phi) is 6.06. The highest BCUT2D eigenvalue weighted by molar-refractivity contribution is 6.39. The second-order valence-electron chi connectivity index (χ2n) is 5.65. The van der Waals surface area contributed by atoms with E-state index in [2.05, 4.69) is 15.2 Å². The molecule has 0 saturated heterocycles. The average molecular weight is 422 g/mol. The summed E-state index contributed by atoms with van der Waals surface area (Å²) >= 11 is 12.1. The fourth-order valence-electron chi connectivity index (χ4n) is 2.72. The molecule has 0 aliphatic rings. The van der Waals surface area contributed by atoms with Gasteiger partial charge in [0.1, 0.15) is 5.52 Å². The molecule has 28 heavy (non-hydrogen) atoms. The van der Waals surface area contributed by atoms with Crippen molar-refractivity contribution in [3.05, 3.63) is 45.9 Å². The molecule has 0 saturated carbocycles. The number of rotatable bonds is 6. The number of benzene rings is 2. The van der Waals surface area contributed by atoms with Crippen molar-refractivity contribution in [3.8, 4) is 23.0 Å². The number of halogens is 2. The molecule has 0 amide bonds. The van der Waals surface area contributed by atoms with Crippen LogP contribution in [0.1, 0.15) is 5.56 Å². The highest BCUT2D eigenvalue weighted by Gasteiger charge is 2.15. The molecule has 3 aromatic rings. The SMILES string of the molecule is COc1ccc(CN=Nc2ccc3c(Cl)cc(Cl)c(O)c3n2)c(OC)c1OC. The Morgan fingerprint density at radius 1 is 0.964 bits per heavy atom. The molecule has 0 bridgehead atoms. The van der Waals surface area contributed by atoms with Crippen LogP contribution in [0.4, 0.5) is 5.82 Å². The smallest absolute Gasteiger partial charge is 0.203 e. The number of fused-ring (bicyclic) bond motifs is 1. The summed E-state index contributed by atoms with van der Waals surface area (Å²) in [6.07, 6.45) is 0. The Morgan fingerprint density at radius 3 is 2.39 bits per heavy atom. The van der Waals surface area contributed by atoms with Crippen LogP contribution >= 0.6 is 23.2 Å². The number of nitrogens with zero attached hydrogens (tertiary/aromatic N) is 3. The van der Waals surface area contributed by atoms with E-state index in [-0.39, 0.29) is 22.8 Å². The van der Waals surface area contributed by atoms with E-state index in [0.29, 0.717) is 33.5 Å². The number of aromatic hydroxyl groups is 1. The van der Waals surface area contributed by atoms with Gasteiger partial charge < -0.3 is 19.3 Å². The van der Waals surface area contributed by atoms with E-state index in [9.17, 15) is 5.11 Å². The van der Waals surface area contributed by atoms with Crippen molar-refractivity contribution in [2.45, 2.75) is 6.54 Å². The third-order valence-corrected chi connectivity index (χ3v) is 4.64. The Hall–Kier alpha value is -2.77. The summed E-state index contributed by atoms with van der Waals surface area (Å²) in [5, 5.41) is 19.5. The largest absolute Gasteiger partial charge is 0.504 e. The predicted octanol–water partition coefficient (Wildman–Crippen LogP) is 5.56. The van der Waals surface area contributed by atoms with Crippen LogP contribution in [0.3, 0.4) is 0 Å². The average Bonchev–Trinajstić information content (AvgIpc) is 2.71. The number of azo groups is 1. The van der Waals surface area contributed by atoms with Crippen LogP contribution in [0, 0.1) is 0 Å². The molecule has 1 aromatic heterocycles. The maximum atomic E-state index is 10.1. The Morgan fingerprint density at radius 2 is 1.71 bits per heavy atom. The van der Waals surface area contributed by atoms with Gasteiger partial charge in [-0.3, -0.25) is 0 Å². The number of methoxy groups -OCH3 is 3. The summed E-state index contributed by atoms with van der Waals surface area (Å²) in [5.74, 6) is 1.71. The first kappa shape index (κ1) is 20.0. The summed E-state index contributed by atoms with van der Waals surface area (Å²) in [6, 6.07) is 8.40. The van der Waals surface area contributed by atoms with Crippen molar-refractivity contribution >= 4 is 39.9 Å². The van der Waals surface area contributed by atoms with Crippen LogP contribution in [0.25, 0.3) is 10.9 Å². The first-order valence-electron chi connectivity index (χ1n) is 8.13. The lowest BCUT2D eigenvalue weighted by Crippen LogP contribution is -1.98. The molecule has 0 unspecified atom stereocenters. The van der Waals surface area contributed by atoms with Crippen molar-refractivity contribution in [1.82, 2.24) is 4.98 Å². The molecule has 1 N–H and O–H groups in total. The number of pyridine rings is 1. The number of aromatic nitrogens is 1. The maximum Gasteiger partial charge on any atom is 0.203 e. The van der Waals surface area contributed by atoms with Crippen LogP contribution < -0.4 is 14.2 Å². The molecule has 3 rings (SSSR count). The summed E-state index contributed by atoms with van der Waals surface area (Å²) < 4.78 is 16.1. The number of ether oxygens (including phenoxy) is 3. The molecule has 0 radical (unpaired) electrons. The van der Waals surface area contributed by atoms with Gasteiger partial charge in [-0.2, -0.15) is 5.11 Å². The number of hydrogen-bond donors (Lipinski definition) is 1. The van der Waals surface area contributed by atoms with E-state index in [4.69, 9.17) is 37.4 Å². The third kappa shape index (κ3) is 3.76. The van der Waals surface area contributed by atoms with Gasteiger partial charge in [-0.25, -0.2) is 4.98 Å². The minimum absolute atomic E-state index is 0.120. The molecule has 7 nitrogen and oxygen atoms in total. The summed E-state index contributed by atoms with van der Waals surface area (Å²) in [4.78, 5) is 4.28. The lowest BCUT2D eigenvalue weighted by Gasteiger charge is -2.14. The molecule has 1 heterocycles. The molecule has 0 fully saturated rings. The van der Waals surface area contributed by atoms with Gasteiger partial charge in [0.25, 0.3) is 0 Å². The minimum Gasteiger partial charge on any atom is -0.504 e. The molecule has 0 aliphatic carbocycles. The van der Waals surface area contributed by atoms with Crippen LogP contribution in [0.2, 0.25) is 10.0 Å². The molecule has 9 heteroatoms. The van der Waals surface area contributed by atoms with E-state index in [1.807, 2.05) is 6.07 Å². The number of phenolic OH excluding ortho intramolecular Hbond substituents is 1. The van der Waals surface area contributed by atoms with Crippen LogP contribution in [0.15, 0.2) is 40.6 Å². The molecule has 0 aliphatic heterocycles. The van der Waals surface area contributed by atoms with Crippen molar-refractivity contribution in [3.63, 3.8) is 0 Å². The second-order valence-corrected chi connectivity index (χ2v) is 6.46. The van der Waals surface area contributed by atoms with Gasteiger partial charge in [0.2, 0.25) is 5.75 Å². The Balaban J connectivity index is 1.90. The molecule has 2 aromatic carbocycles. The lowest BCUT2D eigenvalue weighted by molar-refractivity contribution is 0.322. The van der Waals surface area contributed by atoms with Crippen molar-refractivity contribution in [1.29, 1.82) is 0 Å². The normalized spacial score (nSPS) is 11.2. The third-order valence-electron chi connectivity index (χ3n) is 4.04. The van der Waals surface area contributed by atoms with Gasteiger partial charge in [0, 0.05) is 10.9 Å². The zero-order valence-corrected chi connectivity index (χ0v) is 16.9. The van der Waals surface area contributed by atoms with Crippen molar-refractivity contribution in [2.75, 3.05) is 21.3 Å². The zero-order valence-electron chi connectivity index (χ0n) is 15.4. The lowest BCUT2D eigenvalue weighted by atomic mass is 10.1. The van der Waals surface area contributed by atoms with Gasteiger partial charge >= 0.3 is 0 Å². The van der Waals surface area contributed by atoms with Gasteiger partial charge in [0.15, 0.2) is 23.1 Å².